The van der Waals surface area contributed by atoms with Crippen LogP contribution in [0.2, 0.25) is 4.34 Å². The molecular weight excluding hydrogens is 312 g/mol. The fraction of sp³-hybridized carbons (Fsp3) is 0.444. The summed E-state index contributed by atoms with van der Waals surface area (Å²) in [6, 6.07) is 11.3. The lowest BCUT2D eigenvalue weighted by atomic mass is 9.96. The maximum Gasteiger partial charge on any atom is 0.0931 e. The summed E-state index contributed by atoms with van der Waals surface area (Å²) in [5, 5.41) is 3.50. The molecule has 1 aromatic carbocycles. The molecule has 1 aliphatic heterocycles. The smallest absolute Gasteiger partial charge is 0.0931 e. The number of hydrogen-bond donors (Lipinski definition) is 1. The van der Waals surface area contributed by atoms with Gasteiger partial charge >= 0.3 is 0 Å². The van der Waals surface area contributed by atoms with Crippen LogP contribution in [-0.4, -0.2) is 31.1 Å². The fourth-order valence-corrected chi connectivity index (χ4v) is 4.48. The van der Waals surface area contributed by atoms with E-state index >= 15 is 0 Å². The van der Waals surface area contributed by atoms with Gasteiger partial charge in [0.15, 0.2) is 0 Å². The number of thiophene rings is 1. The van der Waals surface area contributed by atoms with Gasteiger partial charge in [0.25, 0.3) is 0 Å². The van der Waals surface area contributed by atoms with Crippen molar-refractivity contribution in [3.8, 4) is 0 Å². The van der Waals surface area contributed by atoms with Crippen molar-refractivity contribution in [2.75, 3.05) is 26.2 Å². The third-order valence-electron chi connectivity index (χ3n) is 4.32. The first-order valence-electron chi connectivity index (χ1n) is 7.92. The summed E-state index contributed by atoms with van der Waals surface area (Å²) in [4.78, 5) is 3.94. The van der Waals surface area contributed by atoms with Gasteiger partial charge in [0, 0.05) is 24.5 Å². The lowest BCUT2D eigenvalue weighted by Crippen LogP contribution is -2.33. The van der Waals surface area contributed by atoms with Crippen LogP contribution in [0.4, 0.5) is 0 Å². The highest BCUT2D eigenvalue weighted by Crippen LogP contribution is 2.37. The SMILES string of the molecule is Cc1ccc(C(c2ccc(Cl)s2)N2CCCNCC2)c(C)c1. The van der Waals surface area contributed by atoms with E-state index in [2.05, 4.69) is 48.3 Å². The first-order valence-corrected chi connectivity index (χ1v) is 9.12. The van der Waals surface area contributed by atoms with Crippen LogP contribution >= 0.6 is 22.9 Å². The topological polar surface area (TPSA) is 15.3 Å². The van der Waals surface area contributed by atoms with Crippen LogP contribution in [0.15, 0.2) is 30.3 Å². The first-order chi connectivity index (χ1) is 10.6. The maximum atomic E-state index is 6.22. The van der Waals surface area contributed by atoms with E-state index in [4.69, 9.17) is 11.6 Å². The van der Waals surface area contributed by atoms with Gasteiger partial charge in [-0.2, -0.15) is 0 Å². The summed E-state index contributed by atoms with van der Waals surface area (Å²) in [6.45, 7) is 8.75. The van der Waals surface area contributed by atoms with Crippen LogP contribution in [0.25, 0.3) is 0 Å². The molecule has 118 valence electrons. The van der Waals surface area contributed by atoms with E-state index in [1.165, 1.54) is 28.0 Å². The zero-order valence-electron chi connectivity index (χ0n) is 13.2. The van der Waals surface area contributed by atoms with E-state index in [9.17, 15) is 0 Å². The molecular formula is C18H23ClN2S. The van der Waals surface area contributed by atoms with Crippen molar-refractivity contribution >= 4 is 22.9 Å². The van der Waals surface area contributed by atoms with Crippen LogP contribution in [0, 0.1) is 13.8 Å². The van der Waals surface area contributed by atoms with Gasteiger partial charge in [-0.1, -0.05) is 35.4 Å². The van der Waals surface area contributed by atoms with Gasteiger partial charge in [-0.05, 0) is 50.1 Å². The Kier molecular flexibility index (Phi) is 5.19. The minimum atomic E-state index is 0.318. The molecule has 0 amide bonds. The van der Waals surface area contributed by atoms with E-state index in [1.807, 2.05) is 6.07 Å². The molecule has 1 saturated heterocycles. The molecule has 1 atom stereocenters. The van der Waals surface area contributed by atoms with Gasteiger partial charge in [-0.3, -0.25) is 4.90 Å². The number of nitrogens with one attached hydrogen (secondary N) is 1. The quantitative estimate of drug-likeness (QED) is 0.894. The van der Waals surface area contributed by atoms with E-state index in [-0.39, 0.29) is 0 Å². The van der Waals surface area contributed by atoms with Gasteiger partial charge in [0.1, 0.15) is 0 Å². The highest BCUT2D eigenvalue weighted by Gasteiger charge is 2.25. The second-order valence-electron chi connectivity index (χ2n) is 6.04. The Balaban J connectivity index is 2.01. The molecule has 1 fully saturated rings. The Morgan fingerprint density at radius 3 is 2.73 bits per heavy atom. The van der Waals surface area contributed by atoms with Crippen molar-refractivity contribution in [3.63, 3.8) is 0 Å². The Hall–Kier alpha value is -0.870. The minimum absolute atomic E-state index is 0.318. The average molecular weight is 335 g/mol. The average Bonchev–Trinajstić information content (AvgIpc) is 2.74. The molecule has 2 nitrogen and oxygen atoms in total. The number of nitrogens with zero attached hydrogens (tertiary/aromatic N) is 1. The number of aryl methyl sites for hydroxylation is 2. The van der Waals surface area contributed by atoms with E-state index < -0.39 is 0 Å². The van der Waals surface area contributed by atoms with Crippen molar-refractivity contribution in [3.05, 3.63) is 56.2 Å². The highest BCUT2D eigenvalue weighted by molar-refractivity contribution is 7.16. The van der Waals surface area contributed by atoms with Crippen LogP contribution in [0.3, 0.4) is 0 Å². The van der Waals surface area contributed by atoms with E-state index in [0.29, 0.717) is 6.04 Å². The molecule has 0 aliphatic carbocycles. The van der Waals surface area contributed by atoms with Gasteiger partial charge in [0.05, 0.1) is 10.4 Å². The third-order valence-corrected chi connectivity index (χ3v) is 5.61. The zero-order valence-corrected chi connectivity index (χ0v) is 14.8. The number of rotatable bonds is 3. The van der Waals surface area contributed by atoms with Crippen LogP contribution < -0.4 is 5.32 Å². The molecule has 0 saturated carbocycles. The lowest BCUT2D eigenvalue weighted by molar-refractivity contribution is 0.243. The predicted molar refractivity (Wildman–Crippen MR) is 96.1 cm³/mol. The van der Waals surface area contributed by atoms with Crippen LogP contribution in [0.1, 0.15) is 34.0 Å². The Morgan fingerprint density at radius 2 is 2.00 bits per heavy atom. The molecule has 1 unspecified atom stereocenters. The largest absolute Gasteiger partial charge is 0.315 e. The first kappa shape index (κ1) is 16.0. The van der Waals surface area contributed by atoms with Crippen molar-refractivity contribution in [2.24, 2.45) is 0 Å². The van der Waals surface area contributed by atoms with Gasteiger partial charge in [0.2, 0.25) is 0 Å². The molecule has 0 spiro atoms. The Labute approximate surface area is 142 Å². The van der Waals surface area contributed by atoms with Crippen LogP contribution in [0.5, 0.6) is 0 Å². The second-order valence-corrected chi connectivity index (χ2v) is 7.79. The molecule has 0 radical (unpaired) electrons. The van der Waals surface area contributed by atoms with Crippen molar-refractivity contribution in [2.45, 2.75) is 26.3 Å². The van der Waals surface area contributed by atoms with Crippen molar-refractivity contribution < 1.29 is 0 Å². The standard InChI is InChI=1S/C18H23ClN2S/c1-13-4-5-15(14(2)12-13)18(16-6-7-17(19)22-16)21-10-3-8-20-9-11-21/h4-7,12,18,20H,3,8-11H2,1-2H3. The monoisotopic (exact) mass is 334 g/mol. The maximum absolute atomic E-state index is 6.22. The lowest BCUT2D eigenvalue weighted by Gasteiger charge is -2.31. The van der Waals surface area contributed by atoms with Gasteiger partial charge in [-0.15, -0.1) is 11.3 Å². The number of halogens is 1. The minimum Gasteiger partial charge on any atom is -0.315 e. The summed E-state index contributed by atoms with van der Waals surface area (Å²) in [7, 11) is 0. The summed E-state index contributed by atoms with van der Waals surface area (Å²) in [5.41, 5.74) is 4.10. The van der Waals surface area contributed by atoms with Gasteiger partial charge in [-0.25, -0.2) is 0 Å². The summed E-state index contributed by atoms with van der Waals surface area (Å²) >= 11 is 7.92. The van der Waals surface area contributed by atoms with E-state index in [1.54, 1.807) is 11.3 Å². The molecule has 4 heteroatoms. The molecule has 22 heavy (non-hydrogen) atoms. The molecule has 0 bridgehead atoms. The fourth-order valence-electron chi connectivity index (χ4n) is 3.26. The summed E-state index contributed by atoms with van der Waals surface area (Å²) < 4.78 is 0.873. The molecule has 2 aromatic rings. The number of benzene rings is 1. The van der Waals surface area contributed by atoms with Crippen LogP contribution in [-0.2, 0) is 0 Å². The molecule has 1 aromatic heterocycles. The zero-order chi connectivity index (χ0) is 15.5. The normalized spacial score (nSPS) is 18.1. The highest BCUT2D eigenvalue weighted by atomic mass is 35.5. The van der Waals surface area contributed by atoms with Crippen molar-refractivity contribution in [1.29, 1.82) is 0 Å². The van der Waals surface area contributed by atoms with E-state index in [0.717, 1.165) is 30.5 Å². The molecule has 1 aliphatic rings. The summed E-state index contributed by atoms with van der Waals surface area (Å²) in [5.74, 6) is 0. The third kappa shape index (κ3) is 3.54. The van der Waals surface area contributed by atoms with Gasteiger partial charge < -0.3 is 5.32 Å². The number of hydrogen-bond acceptors (Lipinski definition) is 3. The predicted octanol–water partition coefficient (Wildman–Crippen LogP) is 4.40. The molecule has 2 heterocycles. The van der Waals surface area contributed by atoms with Crippen molar-refractivity contribution in [1.82, 2.24) is 10.2 Å². The molecule has 3 rings (SSSR count). The second kappa shape index (κ2) is 7.14. The Morgan fingerprint density at radius 1 is 1.14 bits per heavy atom. The Bertz CT molecular complexity index is 630. The summed E-state index contributed by atoms with van der Waals surface area (Å²) in [6.07, 6.45) is 1.19. The molecule has 1 N–H and O–H groups in total.